The normalized spacial score (nSPS) is 11.6. The second-order valence-corrected chi connectivity index (χ2v) is 7.55. The summed E-state index contributed by atoms with van der Waals surface area (Å²) in [7, 11) is 1.53. The maximum atomic E-state index is 13.0. The van der Waals surface area contributed by atoms with Crippen molar-refractivity contribution in [3.05, 3.63) is 34.2 Å². The van der Waals surface area contributed by atoms with Crippen LogP contribution in [0.5, 0.6) is 11.5 Å². The first-order valence-corrected chi connectivity index (χ1v) is 8.80. The maximum absolute atomic E-state index is 13.0. The van der Waals surface area contributed by atoms with Crippen LogP contribution in [-0.2, 0) is 6.54 Å². The molecule has 0 fully saturated rings. The summed E-state index contributed by atoms with van der Waals surface area (Å²) in [5, 5.41) is 10.7. The number of benzene rings is 1. The largest absolute Gasteiger partial charge is 0.497 e. The third kappa shape index (κ3) is 4.18. The van der Waals surface area contributed by atoms with Gasteiger partial charge in [-0.15, -0.1) is 0 Å². The number of ether oxygens (including phenoxy) is 2. The molecule has 2 rings (SSSR count). The first-order chi connectivity index (χ1) is 12.2. The van der Waals surface area contributed by atoms with Gasteiger partial charge in [-0.25, -0.2) is 4.79 Å². The number of fused-ring (bicyclic) bond motifs is 1. The monoisotopic (exact) mass is 361 g/mol. The van der Waals surface area contributed by atoms with Gasteiger partial charge >= 0.3 is 5.97 Å². The maximum Gasteiger partial charge on any atom is 0.356 e. The van der Waals surface area contributed by atoms with Gasteiger partial charge in [0.25, 0.3) is 5.56 Å². The summed E-state index contributed by atoms with van der Waals surface area (Å²) in [6.45, 7) is 8.57. The van der Waals surface area contributed by atoms with Gasteiger partial charge < -0.3 is 14.6 Å². The van der Waals surface area contributed by atoms with Crippen LogP contribution in [0, 0.1) is 5.41 Å². The molecule has 26 heavy (non-hydrogen) atoms. The highest BCUT2D eigenvalue weighted by Gasteiger charge is 2.26. The summed E-state index contributed by atoms with van der Waals surface area (Å²) >= 11 is 0. The Balaban J connectivity index is 2.85. The van der Waals surface area contributed by atoms with Crippen molar-refractivity contribution in [1.82, 2.24) is 4.57 Å². The van der Waals surface area contributed by atoms with E-state index >= 15 is 0 Å². The smallest absolute Gasteiger partial charge is 0.356 e. The molecule has 2 aromatic rings. The molecule has 6 heteroatoms. The molecule has 0 saturated carbocycles. The van der Waals surface area contributed by atoms with Gasteiger partial charge in [-0.2, -0.15) is 0 Å². The fourth-order valence-electron chi connectivity index (χ4n) is 2.82. The molecule has 0 aliphatic heterocycles. The molecular formula is C20H27NO5. The molecule has 0 atom stereocenters. The van der Waals surface area contributed by atoms with E-state index in [1.165, 1.54) is 11.7 Å². The van der Waals surface area contributed by atoms with Crippen LogP contribution in [0.15, 0.2) is 23.0 Å². The molecule has 1 aromatic carbocycles. The standard InChI is InChI=1S/C20H27NO5/c1-6-7-10-26-17-15-11-13(25-5)8-9-14(15)18(22)21(12-20(2,3)4)16(17)19(23)24/h8-9,11H,6-7,10,12H2,1-5H3,(H,23,24). The molecule has 142 valence electrons. The molecular weight excluding hydrogens is 334 g/mol. The van der Waals surface area contributed by atoms with Crippen LogP contribution >= 0.6 is 0 Å². The number of hydrogen-bond donors (Lipinski definition) is 1. The van der Waals surface area contributed by atoms with Crippen LogP contribution in [-0.4, -0.2) is 29.4 Å². The quantitative estimate of drug-likeness (QED) is 0.756. The molecule has 0 spiro atoms. The third-order valence-corrected chi connectivity index (χ3v) is 4.01. The Morgan fingerprint density at radius 2 is 1.92 bits per heavy atom. The SMILES string of the molecule is CCCCOc1c(C(=O)O)n(CC(C)(C)C)c(=O)c2ccc(OC)cc12. The summed E-state index contributed by atoms with van der Waals surface area (Å²) < 4.78 is 12.4. The summed E-state index contributed by atoms with van der Waals surface area (Å²) in [6, 6.07) is 5.02. The molecule has 1 N–H and O–H groups in total. The number of aromatic nitrogens is 1. The van der Waals surface area contributed by atoms with Crippen molar-refractivity contribution in [3.8, 4) is 11.5 Å². The molecule has 6 nitrogen and oxygen atoms in total. The zero-order valence-electron chi connectivity index (χ0n) is 16.1. The highest BCUT2D eigenvalue weighted by molar-refractivity contribution is 5.99. The zero-order chi connectivity index (χ0) is 19.5. The number of unbranched alkanes of at least 4 members (excludes halogenated alkanes) is 1. The van der Waals surface area contributed by atoms with Gasteiger partial charge in [0, 0.05) is 11.9 Å². The molecule has 0 unspecified atom stereocenters. The van der Waals surface area contributed by atoms with Gasteiger partial charge in [0.05, 0.1) is 19.1 Å². The van der Waals surface area contributed by atoms with E-state index in [2.05, 4.69) is 0 Å². The zero-order valence-corrected chi connectivity index (χ0v) is 16.1. The second kappa shape index (κ2) is 7.81. The average molecular weight is 361 g/mol. The molecule has 0 bridgehead atoms. The molecule has 1 heterocycles. The number of carbonyl (C=O) groups is 1. The van der Waals surface area contributed by atoms with Crippen molar-refractivity contribution in [1.29, 1.82) is 0 Å². The minimum absolute atomic E-state index is 0.109. The Labute approximate surface area is 153 Å². The molecule has 0 saturated heterocycles. The minimum atomic E-state index is -1.18. The van der Waals surface area contributed by atoms with Crippen molar-refractivity contribution in [3.63, 3.8) is 0 Å². The number of carboxylic acid groups (broad SMARTS) is 1. The van der Waals surface area contributed by atoms with E-state index in [4.69, 9.17) is 9.47 Å². The predicted molar refractivity (Wildman–Crippen MR) is 102 cm³/mol. The average Bonchev–Trinajstić information content (AvgIpc) is 2.56. The summed E-state index contributed by atoms with van der Waals surface area (Å²) in [6.07, 6.45) is 1.72. The second-order valence-electron chi connectivity index (χ2n) is 7.55. The lowest BCUT2D eigenvalue weighted by Crippen LogP contribution is -2.32. The lowest BCUT2D eigenvalue weighted by atomic mass is 9.96. The van der Waals surface area contributed by atoms with Crippen LogP contribution in [0.1, 0.15) is 51.0 Å². The number of rotatable bonds is 7. The van der Waals surface area contributed by atoms with Crippen LogP contribution in [0.4, 0.5) is 0 Å². The van der Waals surface area contributed by atoms with E-state index < -0.39 is 5.97 Å². The van der Waals surface area contributed by atoms with Crippen LogP contribution in [0.25, 0.3) is 10.8 Å². The number of hydrogen-bond acceptors (Lipinski definition) is 4. The summed E-state index contributed by atoms with van der Waals surface area (Å²) in [5.41, 5.74) is -0.714. The topological polar surface area (TPSA) is 77.8 Å². The van der Waals surface area contributed by atoms with Crippen molar-refractivity contribution in [2.75, 3.05) is 13.7 Å². The molecule has 0 aliphatic rings. The molecule has 1 aromatic heterocycles. The van der Waals surface area contributed by atoms with Crippen LogP contribution in [0.2, 0.25) is 0 Å². The lowest BCUT2D eigenvalue weighted by Gasteiger charge is -2.24. The van der Waals surface area contributed by atoms with Gasteiger partial charge in [-0.05, 0) is 30.0 Å². The van der Waals surface area contributed by atoms with E-state index in [1.807, 2.05) is 27.7 Å². The number of methoxy groups -OCH3 is 1. The molecule has 0 amide bonds. The van der Waals surface area contributed by atoms with E-state index in [0.717, 1.165) is 12.8 Å². The minimum Gasteiger partial charge on any atom is -0.497 e. The number of pyridine rings is 1. The molecule has 0 radical (unpaired) electrons. The third-order valence-electron chi connectivity index (χ3n) is 4.01. The Bertz CT molecular complexity index is 861. The van der Waals surface area contributed by atoms with E-state index in [0.29, 0.717) is 23.1 Å². The highest BCUT2D eigenvalue weighted by atomic mass is 16.5. The highest BCUT2D eigenvalue weighted by Crippen LogP contribution is 2.32. The van der Waals surface area contributed by atoms with Gasteiger partial charge in [-0.3, -0.25) is 9.36 Å². The molecule has 0 aliphatic carbocycles. The van der Waals surface area contributed by atoms with E-state index in [9.17, 15) is 14.7 Å². The van der Waals surface area contributed by atoms with Crippen molar-refractivity contribution >= 4 is 16.7 Å². The first kappa shape index (κ1) is 19.8. The first-order valence-electron chi connectivity index (χ1n) is 8.80. The Hall–Kier alpha value is -2.50. The number of nitrogens with zero attached hydrogens (tertiary/aromatic N) is 1. The van der Waals surface area contributed by atoms with Gasteiger partial charge in [-0.1, -0.05) is 34.1 Å². The lowest BCUT2D eigenvalue weighted by molar-refractivity contribution is 0.0675. The fourth-order valence-corrected chi connectivity index (χ4v) is 2.82. The van der Waals surface area contributed by atoms with Crippen molar-refractivity contribution in [2.45, 2.75) is 47.1 Å². The number of aromatic carboxylic acids is 1. The van der Waals surface area contributed by atoms with Crippen LogP contribution in [0.3, 0.4) is 0 Å². The van der Waals surface area contributed by atoms with Gasteiger partial charge in [0.15, 0.2) is 11.4 Å². The van der Waals surface area contributed by atoms with Gasteiger partial charge in [0.1, 0.15) is 5.75 Å². The predicted octanol–water partition coefficient (Wildman–Crippen LogP) is 3.93. The van der Waals surface area contributed by atoms with E-state index in [-0.39, 0.29) is 29.0 Å². The Kier molecular flexibility index (Phi) is 5.95. The van der Waals surface area contributed by atoms with E-state index in [1.54, 1.807) is 18.2 Å². The summed E-state index contributed by atoms with van der Waals surface area (Å²) in [4.78, 5) is 25.1. The van der Waals surface area contributed by atoms with Crippen molar-refractivity contribution in [2.24, 2.45) is 5.41 Å². The van der Waals surface area contributed by atoms with Crippen LogP contribution < -0.4 is 15.0 Å². The summed E-state index contributed by atoms with van der Waals surface area (Å²) in [5.74, 6) is -0.409. The Morgan fingerprint density at radius 1 is 1.23 bits per heavy atom. The van der Waals surface area contributed by atoms with Crippen molar-refractivity contribution < 1.29 is 19.4 Å². The fraction of sp³-hybridized carbons (Fsp3) is 0.500. The van der Waals surface area contributed by atoms with Gasteiger partial charge in [0.2, 0.25) is 0 Å². The number of carboxylic acids is 1. The Morgan fingerprint density at radius 3 is 2.46 bits per heavy atom.